The molecule has 1 saturated heterocycles. The Morgan fingerprint density at radius 3 is 2.34 bits per heavy atom. The third kappa shape index (κ3) is 5.86. The maximum atomic E-state index is 12.5. The van der Waals surface area contributed by atoms with E-state index in [-0.39, 0.29) is 16.7 Å². The van der Waals surface area contributed by atoms with Gasteiger partial charge in [0.25, 0.3) is 0 Å². The normalized spacial score (nSPS) is 16.4. The van der Waals surface area contributed by atoms with E-state index in [0.717, 1.165) is 5.56 Å². The summed E-state index contributed by atoms with van der Waals surface area (Å²) in [7, 11) is -3.53. The first kappa shape index (κ1) is 23.7. The van der Waals surface area contributed by atoms with Gasteiger partial charge < -0.3 is 15.5 Å². The molecule has 8 nitrogen and oxygen atoms in total. The van der Waals surface area contributed by atoms with E-state index in [0.29, 0.717) is 44.8 Å². The maximum absolute atomic E-state index is 12.5. The van der Waals surface area contributed by atoms with Crippen LogP contribution in [0.4, 0.5) is 10.5 Å². The summed E-state index contributed by atoms with van der Waals surface area (Å²) in [5.74, 6) is 0.143. The number of likely N-dealkylation sites (tertiary alicyclic amines) is 1. The number of anilines is 1. The Morgan fingerprint density at radius 1 is 1.06 bits per heavy atom. The fourth-order valence-electron chi connectivity index (χ4n) is 3.78. The van der Waals surface area contributed by atoms with Gasteiger partial charge in [-0.1, -0.05) is 44.2 Å². The standard InChI is InChI=1S/C23H30N4O4S/c1-3-27(4-2)32(30,31)21-12-10-20(11-13-21)25-23(29)24-15-19-14-22(28)26(17-19)16-18-8-6-5-7-9-18/h5-13,19H,3-4,14-17H2,1-2H3,(H2,24,25,29). The van der Waals surface area contributed by atoms with Crippen molar-refractivity contribution in [3.63, 3.8) is 0 Å². The number of urea groups is 1. The molecular formula is C23H30N4O4S. The molecule has 0 spiro atoms. The smallest absolute Gasteiger partial charge is 0.319 e. The van der Waals surface area contributed by atoms with Gasteiger partial charge in [-0.15, -0.1) is 0 Å². The molecule has 2 N–H and O–H groups in total. The number of rotatable bonds is 9. The highest BCUT2D eigenvalue weighted by Crippen LogP contribution is 2.20. The molecule has 32 heavy (non-hydrogen) atoms. The van der Waals surface area contributed by atoms with Crippen LogP contribution in [-0.4, -0.2) is 55.7 Å². The van der Waals surface area contributed by atoms with E-state index >= 15 is 0 Å². The zero-order chi connectivity index (χ0) is 23.1. The highest BCUT2D eigenvalue weighted by molar-refractivity contribution is 7.89. The lowest BCUT2D eigenvalue weighted by Gasteiger charge is -2.18. The van der Waals surface area contributed by atoms with Gasteiger partial charge in [0.2, 0.25) is 15.9 Å². The van der Waals surface area contributed by atoms with Gasteiger partial charge in [-0.25, -0.2) is 13.2 Å². The van der Waals surface area contributed by atoms with E-state index in [1.165, 1.54) is 16.4 Å². The highest BCUT2D eigenvalue weighted by Gasteiger charge is 2.29. The van der Waals surface area contributed by atoms with Crippen molar-refractivity contribution >= 4 is 27.6 Å². The van der Waals surface area contributed by atoms with Crippen molar-refractivity contribution in [1.29, 1.82) is 0 Å². The summed E-state index contributed by atoms with van der Waals surface area (Å²) in [5.41, 5.74) is 1.58. The molecule has 9 heteroatoms. The number of carbonyl (C=O) groups excluding carboxylic acids is 2. The molecule has 1 fully saturated rings. The van der Waals surface area contributed by atoms with Gasteiger partial charge >= 0.3 is 6.03 Å². The number of hydrogen-bond donors (Lipinski definition) is 2. The van der Waals surface area contributed by atoms with E-state index in [1.807, 2.05) is 35.2 Å². The second-order valence-electron chi connectivity index (χ2n) is 7.78. The average molecular weight is 459 g/mol. The van der Waals surface area contributed by atoms with Crippen molar-refractivity contribution in [3.05, 3.63) is 60.2 Å². The summed E-state index contributed by atoms with van der Waals surface area (Å²) >= 11 is 0. The second-order valence-corrected chi connectivity index (χ2v) is 9.72. The largest absolute Gasteiger partial charge is 0.338 e. The third-order valence-corrected chi connectivity index (χ3v) is 7.58. The van der Waals surface area contributed by atoms with Crippen LogP contribution in [-0.2, 0) is 21.4 Å². The van der Waals surface area contributed by atoms with Gasteiger partial charge in [-0.2, -0.15) is 4.31 Å². The van der Waals surface area contributed by atoms with Crippen molar-refractivity contribution in [2.24, 2.45) is 5.92 Å². The minimum absolute atomic E-state index is 0.0542. The predicted octanol–water partition coefficient (Wildman–Crippen LogP) is 2.89. The van der Waals surface area contributed by atoms with Crippen molar-refractivity contribution < 1.29 is 18.0 Å². The van der Waals surface area contributed by atoms with Gasteiger partial charge in [0.1, 0.15) is 0 Å². The van der Waals surface area contributed by atoms with Crippen LogP contribution in [0.1, 0.15) is 25.8 Å². The van der Waals surface area contributed by atoms with Gasteiger partial charge in [0, 0.05) is 50.7 Å². The molecule has 2 aromatic rings. The second kappa shape index (κ2) is 10.6. The first-order valence-electron chi connectivity index (χ1n) is 10.8. The minimum Gasteiger partial charge on any atom is -0.338 e. The van der Waals surface area contributed by atoms with Gasteiger partial charge in [0.05, 0.1) is 4.90 Å². The lowest BCUT2D eigenvalue weighted by molar-refractivity contribution is -0.128. The van der Waals surface area contributed by atoms with Crippen molar-refractivity contribution in [2.75, 3.05) is 31.5 Å². The van der Waals surface area contributed by atoms with Crippen LogP contribution in [0.25, 0.3) is 0 Å². The molecule has 172 valence electrons. The molecule has 0 saturated carbocycles. The van der Waals surface area contributed by atoms with Crippen LogP contribution in [0.2, 0.25) is 0 Å². The number of carbonyl (C=O) groups is 2. The Morgan fingerprint density at radius 2 is 1.72 bits per heavy atom. The molecule has 1 unspecified atom stereocenters. The molecule has 1 aliphatic heterocycles. The lowest BCUT2D eigenvalue weighted by atomic mass is 10.1. The molecule has 0 aliphatic carbocycles. The van der Waals surface area contributed by atoms with E-state index in [2.05, 4.69) is 10.6 Å². The topological polar surface area (TPSA) is 98.8 Å². The van der Waals surface area contributed by atoms with E-state index < -0.39 is 16.1 Å². The molecule has 1 atom stereocenters. The zero-order valence-corrected chi connectivity index (χ0v) is 19.3. The summed E-state index contributed by atoms with van der Waals surface area (Å²) in [6.45, 7) is 5.94. The Hall–Kier alpha value is -2.91. The molecule has 3 amide bonds. The first-order chi connectivity index (χ1) is 15.3. The van der Waals surface area contributed by atoms with E-state index in [1.54, 1.807) is 26.0 Å². The molecular weight excluding hydrogens is 428 g/mol. The number of nitrogens with zero attached hydrogens (tertiary/aromatic N) is 2. The SMILES string of the molecule is CCN(CC)S(=O)(=O)c1ccc(NC(=O)NCC2CC(=O)N(Cc3ccccc3)C2)cc1. The Bertz CT molecular complexity index is 1020. The number of hydrogen-bond acceptors (Lipinski definition) is 4. The summed E-state index contributed by atoms with van der Waals surface area (Å²) in [5, 5.41) is 5.51. The molecule has 1 aliphatic rings. The first-order valence-corrected chi connectivity index (χ1v) is 12.2. The fourth-order valence-corrected chi connectivity index (χ4v) is 5.24. The predicted molar refractivity (Wildman–Crippen MR) is 124 cm³/mol. The van der Waals surface area contributed by atoms with Crippen molar-refractivity contribution in [3.8, 4) is 0 Å². The van der Waals surface area contributed by atoms with Crippen LogP contribution in [0.5, 0.6) is 0 Å². The van der Waals surface area contributed by atoms with E-state index in [9.17, 15) is 18.0 Å². The molecule has 2 aromatic carbocycles. The average Bonchev–Trinajstić information content (AvgIpc) is 3.13. The van der Waals surface area contributed by atoms with Crippen LogP contribution >= 0.6 is 0 Å². The number of sulfonamides is 1. The van der Waals surface area contributed by atoms with Crippen LogP contribution in [0.3, 0.4) is 0 Å². The highest BCUT2D eigenvalue weighted by atomic mass is 32.2. The Labute approximate surface area is 189 Å². The molecule has 3 rings (SSSR count). The third-order valence-electron chi connectivity index (χ3n) is 5.52. The quantitative estimate of drug-likeness (QED) is 0.604. The number of amides is 3. The monoisotopic (exact) mass is 458 g/mol. The van der Waals surface area contributed by atoms with Crippen molar-refractivity contribution in [2.45, 2.75) is 31.7 Å². The molecule has 0 bridgehead atoms. The summed E-state index contributed by atoms with van der Waals surface area (Å²) in [6.07, 6.45) is 0.408. The van der Waals surface area contributed by atoms with E-state index in [4.69, 9.17) is 0 Å². The molecule has 0 radical (unpaired) electrons. The Balaban J connectivity index is 1.48. The van der Waals surface area contributed by atoms with Crippen LogP contribution < -0.4 is 10.6 Å². The number of benzene rings is 2. The minimum atomic E-state index is -3.53. The summed E-state index contributed by atoms with van der Waals surface area (Å²) < 4.78 is 26.5. The van der Waals surface area contributed by atoms with Gasteiger partial charge in [-0.05, 0) is 29.8 Å². The van der Waals surface area contributed by atoms with Crippen LogP contribution in [0.15, 0.2) is 59.5 Å². The van der Waals surface area contributed by atoms with Gasteiger partial charge in [-0.3, -0.25) is 4.79 Å². The van der Waals surface area contributed by atoms with Crippen LogP contribution in [0, 0.1) is 5.92 Å². The van der Waals surface area contributed by atoms with Gasteiger partial charge in [0.15, 0.2) is 0 Å². The fraction of sp³-hybridized carbons (Fsp3) is 0.391. The molecule has 1 heterocycles. The molecule has 0 aromatic heterocycles. The summed E-state index contributed by atoms with van der Waals surface area (Å²) in [6, 6.07) is 15.5. The lowest BCUT2D eigenvalue weighted by Crippen LogP contribution is -2.34. The maximum Gasteiger partial charge on any atom is 0.319 e. The van der Waals surface area contributed by atoms with Crippen molar-refractivity contribution in [1.82, 2.24) is 14.5 Å². The zero-order valence-electron chi connectivity index (χ0n) is 18.5. The number of nitrogens with one attached hydrogen (secondary N) is 2. The Kier molecular flexibility index (Phi) is 7.87. The summed E-state index contributed by atoms with van der Waals surface area (Å²) in [4.78, 5) is 26.5.